The molecule has 0 spiro atoms. The van der Waals surface area contributed by atoms with E-state index in [9.17, 15) is 0 Å². The van der Waals surface area contributed by atoms with Crippen molar-refractivity contribution >= 4 is 11.8 Å². The Morgan fingerprint density at radius 1 is 1.50 bits per heavy atom. The molecule has 0 aromatic carbocycles. The summed E-state index contributed by atoms with van der Waals surface area (Å²) in [5.74, 6) is 1.57. The van der Waals surface area contributed by atoms with Crippen LogP contribution in [0, 0.1) is 6.92 Å². The molecule has 2 rings (SSSR count). The standard InChI is InChI=1S/C12H20N4O2/c1-9-6-11(14-10-7-18-8-10)15-12(13-9)16(2)4-5-17-3/h6,10H,4-5,7-8H2,1-3H3,(H,13,14,15). The fourth-order valence-electron chi connectivity index (χ4n) is 1.65. The molecule has 6 heteroatoms. The minimum atomic E-state index is 0.372. The Labute approximate surface area is 107 Å². The lowest BCUT2D eigenvalue weighted by Crippen LogP contribution is -2.40. The second-order valence-electron chi connectivity index (χ2n) is 4.49. The second-order valence-corrected chi connectivity index (χ2v) is 4.49. The van der Waals surface area contributed by atoms with Crippen molar-refractivity contribution in [2.75, 3.05) is 50.7 Å². The van der Waals surface area contributed by atoms with Gasteiger partial charge in [0.15, 0.2) is 0 Å². The lowest BCUT2D eigenvalue weighted by atomic mass is 10.2. The third kappa shape index (κ3) is 3.30. The lowest BCUT2D eigenvalue weighted by molar-refractivity contribution is 0.0209. The number of ether oxygens (including phenoxy) is 2. The molecule has 100 valence electrons. The van der Waals surface area contributed by atoms with Gasteiger partial charge in [-0.25, -0.2) is 4.98 Å². The Hall–Kier alpha value is -1.40. The number of aromatic nitrogens is 2. The molecular weight excluding hydrogens is 232 g/mol. The largest absolute Gasteiger partial charge is 0.383 e. The highest BCUT2D eigenvalue weighted by Crippen LogP contribution is 2.15. The molecule has 0 saturated carbocycles. The molecule has 6 nitrogen and oxygen atoms in total. The first kappa shape index (κ1) is 13.0. The van der Waals surface area contributed by atoms with Gasteiger partial charge in [0.05, 0.1) is 25.9 Å². The molecule has 2 heterocycles. The van der Waals surface area contributed by atoms with Crippen molar-refractivity contribution in [3.05, 3.63) is 11.8 Å². The van der Waals surface area contributed by atoms with Gasteiger partial charge >= 0.3 is 0 Å². The van der Waals surface area contributed by atoms with Crippen molar-refractivity contribution in [1.82, 2.24) is 9.97 Å². The SMILES string of the molecule is COCCN(C)c1nc(C)cc(NC2COC2)n1. The highest BCUT2D eigenvalue weighted by Gasteiger charge is 2.19. The fraction of sp³-hybridized carbons (Fsp3) is 0.667. The summed E-state index contributed by atoms with van der Waals surface area (Å²) in [6.45, 7) is 4.90. The van der Waals surface area contributed by atoms with E-state index in [-0.39, 0.29) is 0 Å². The van der Waals surface area contributed by atoms with Crippen LogP contribution < -0.4 is 10.2 Å². The third-order valence-corrected chi connectivity index (χ3v) is 2.80. The van der Waals surface area contributed by atoms with Gasteiger partial charge in [-0.3, -0.25) is 0 Å². The van der Waals surface area contributed by atoms with Crippen LogP contribution in [0.3, 0.4) is 0 Å². The van der Waals surface area contributed by atoms with Gasteiger partial charge < -0.3 is 19.7 Å². The van der Waals surface area contributed by atoms with Gasteiger partial charge in [0.2, 0.25) is 5.95 Å². The molecule has 18 heavy (non-hydrogen) atoms. The summed E-state index contributed by atoms with van der Waals surface area (Å²) in [5, 5.41) is 3.34. The minimum absolute atomic E-state index is 0.372. The highest BCUT2D eigenvalue weighted by atomic mass is 16.5. The van der Waals surface area contributed by atoms with Gasteiger partial charge in [0.1, 0.15) is 5.82 Å². The van der Waals surface area contributed by atoms with Crippen LogP contribution in [0.5, 0.6) is 0 Å². The maximum absolute atomic E-state index is 5.14. The van der Waals surface area contributed by atoms with E-state index >= 15 is 0 Å². The summed E-state index contributed by atoms with van der Waals surface area (Å²) in [4.78, 5) is 10.9. The van der Waals surface area contributed by atoms with E-state index in [1.54, 1.807) is 7.11 Å². The number of hydrogen-bond donors (Lipinski definition) is 1. The van der Waals surface area contributed by atoms with Crippen LogP contribution in [0.15, 0.2) is 6.07 Å². The van der Waals surface area contributed by atoms with Crippen LogP contribution in [0.1, 0.15) is 5.69 Å². The molecule has 0 unspecified atom stereocenters. The number of rotatable bonds is 6. The number of aryl methyl sites for hydroxylation is 1. The van der Waals surface area contributed by atoms with Crippen LogP contribution in [-0.2, 0) is 9.47 Å². The highest BCUT2D eigenvalue weighted by molar-refractivity contribution is 5.44. The molecule has 0 radical (unpaired) electrons. The van der Waals surface area contributed by atoms with E-state index < -0.39 is 0 Å². The van der Waals surface area contributed by atoms with Crippen molar-refractivity contribution < 1.29 is 9.47 Å². The van der Waals surface area contributed by atoms with Gasteiger partial charge in [-0.1, -0.05) is 0 Å². The Morgan fingerprint density at radius 3 is 2.89 bits per heavy atom. The maximum Gasteiger partial charge on any atom is 0.227 e. The molecule has 0 bridgehead atoms. The number of nitrogens with zero attached hydrogens (tertiary/aromatic N) is 3. The zero-order valence-electron chi connectivity index (χ0n) is 11.1. The Morgan fingerprint density at radius 2 is 2.28 bits per heavy atom. The van der Waals surface area contributed by atoms with Crippen LogP contribution in [-0.4, -0.2) is 56.5 Å². The van der Waals surface area contributed by atoms with E-state index in [1.165, 1.54) is 0 Å². The molecule has 0 atom stereocenters. The van der Waals surface area contributed by atoms with Crippen molar-refractivity contribution in [1.29, 1.82) is 0 Å². The molecule has 1 aliphatic heterocycles. The number of hydrogen-bond acceptors (Lipinski definition) is 6. The monoisotopic (exact) mass is 252 g/mol. The van der Waals surface area contributed by atoms with Gasteiger partial charge in [-0.15, -0.1) is 0 Å². The predicted octanol–water partition coefficient (Wildman–Crippen LogP) is 0.678. The summed E-state index contributed by atoms with van der Waals surface area (Å²) in [6, 6.07) is 2.32. The molecular formula is C12H20N4O2. The predicted molar refractivity (Wildman–Crippen MR) is 70.1 cm³/mol. The fourth-order valence-corrected chi connectivity index (χ4v) is 1.65. The van der Waals surface area contributed by atoms with Crippen molar-refractivity contribution in [3.63, 3.8) is 0 Å². The van der Waals surface area contributed by atoms with Crippen LogP contribution >= 0.6 is 0 Å². The third-order valence-electron chi connectivity index (χ3n) is 2.80. The van der Waals surface area contributed by atoms with Crippen LogP contribution in [0.2, 0.25) is 0 Å². The van der Waals surface area contributed by atoms with Crippen LogP contribution in [0.4, 0.5) is 11.8 Å². The van der Waals surface area contributed by atoms with E-state index in [1.807, 2.05) is 24.9 Å². The Bertz CT molecular complexity index is 396. The van der Waals surface area contributed by atoms with E-state index in [0.717, 1.165) is 37.2 Å². The molecule has 1 aliphatic rings. The Balaban J connectivity index is 2.04. The molecule has 0 amide bonds. The maximum atomic E-state index is 5.14. The first-order valence-electron chi connectivity index (χ1n) is 6.09. The van der Waals surface area contributed by atoms with Gasteiger partial charge in [0, 0.05) is 32.5 Å². The Kier molecular flexibility index (Phi) is 4.33. The summed E-state index contributed by atoms with van der Waals surface area (Å²) in [6.07, 6.45) is 0. The first-order chi connectivity index (χ1) is 8.69. The van der Waals surface area contributed by atoms with Gasteiger partial charge in [-0.2, -0.15) is 4.98 Å². The summed E-state index contributed by atoms with van der Waals surface area (Å²) in [7, 11) is 3.65. The first-order valence-corrected chi connectivity index (χ1v) is 6.09. The molecule has 1 saturated heterocycles. The smallest absolute Gasteiger partial charge is 0.227 e. The quantitative estimate of drug-likeness (QED) is 0.803. The minimum Gasteiger partial charge on any atom is -0.383 e. The summed E-state index contributed by atoms with van der Waals surface area (Å²) < 4.78 is 10.2. The van der Waals surface area contributed by atoms with E-state index in [4.69, 9.17) is 9.47 Å². The second kappa shape index (κ2) is 5.97. The van der Waals surface area contributed by atoms with Crippen molar-refractivity contribution in [3.8, 4) is 0 Å². The number of anilines is 2. The average molecular weight is 252 g/mol. The molecule has 1 aromatic heterocycles. The van der Waals surface area contributed by atoms with Crippen molar-refractivity contribution in [2.24, 2.45) is 0 Å². The molecule has 1 fully saturated rings. The van der Waals surface area contributed by atoms with E-state index in [2.05, 4.69) is 15.3 Å². The number of likely N-dealkylation sites (N-methyl/N-ethyl adjacent to an activating group) is 1. The number of methoxy groups -OCH3 is 1. The lowest BCUT2D eigenvalue weighted by Gasteiger charge is -2.27. The normalized spacial score (nSPS) is 15.3. The van der Waals surface area contributed by atoms with Crippen molar-refractivity contribution in [2.45, 2.75) is 13.0 Å². The summed E-state index contributed by atoms with van der Waals surface area (Å²) >= 11 is 0. The molecule has 1 aromatic rings. The van der Waals surface area contributed by atoms with Gasteiger partial charge in [0.25, 0.3) is 0 Å². The zero-order chi connectivity index (χ0) is 13.0. The summed E-state index contributed by atoms with van der Waals surface area (Å²) in [5.41, 5.74) is 0.951. The molecule has 0 aliphatic carbocycles. The van der Waals surface area contributed by atoms with Gasteiger partial charge in [-0.05, 0) is 6.92 Å². The zero-order valence-corrected chi connectivity index (χ0v) is 11.1. The number of nitrogens with one attached hydrogen (secondary N) is 1. The average Bonchev–Trinajstić information content (AvgIpc) is 2.30. The van der Waals surface area contributed by atoms with Crippen LogP contribution in [0.25, 0.3) is 0 Å². The van der Waals surface area contributed by atoms with E-state index in [0.29, 0.717) is 12.6 Å². The topological polar surface area (TPSA) is 59.5 Å². The molecule has 1 N–H and O–H groups in total.